The van der Waals surface area contributed by atoms with Gasteiger partial charge in [0.2, 0.25) is 0 Å². The lowest BCUT2D eigenvalue weighted by molar-refractivity contribution is 0.130. The molecule has 0 aliphatic rings. The highest BCUT2D eigenvalue weighted by Crippen LogP contribution is 2.37. The Kier molecular flexibility index (Phi) is 8.14. The molecule has 0 saturated heterocycles. The summed E-state index contributed by atoms with van der Waals surface area (Å²) in [7, 11) is 0. The minimum absolute atomic E-state index is 0.841. The van der Waals surface area contributed by atoms with Gasteiger partial charge < -0.3 is 0 Å². The lowest BCUT2D eigenvalue weighted by Gasteiger charge is -2.36. The molecule has 4 atom stereocenters. The molecular formula is C16H34. The molecule has 0 rings (SSSR count). The maximum atomic E-state index is 2.49. The SMILES string of the molecule is CCCC(C(C)C(C)CC)C(CC)C(C)C. The van der Waals surface area contributed by atoms with Crippen molar-refractivity contribution in [3.05, 3.63) is 0 Å². The predicted octanol–water partition coefficient (Wildman–Crippen LogP) is 5.77. The van der Waals surface area contributed by atoms with E-state index in [9.17, 15) is 0 Å². The molecule has 0 bridgehead atoms. The third-order valence-corrected chi connectivity index (χ3v) is 4.72. The van der Waals surface area contributed by atoms with Gasteiger partial charge in [0.05, 0.1) is 0 Å². The fourth-order valence-corrected chi connectivity index (χ4v) is 3.26. The molecular weight excluding hydrogens is 192 g/mol. The molecule has 0 heteroatoms. The van der Waals surface area contributed by atoms with Gasteiger partial charge in [-0.3, -0.25) is 0 Å². The van der Waals surface area contributed by atoms with Crippen molar-refractivity contribution in [1.82, 2.24) is 0 Å². The van der Waals surface area contributed by atoms with Crippen LogP contribution in [-0.4, -0.2) is 0 Å². The molecule has 16 heavy (non-hydrogen) atoms. The first-order valence-corrected chi connectivity index (χ1v) is 7.49. The summed E-state index contributed by atoms with van der Waals surface area (Å²) in [6.45, 7) is 16.8. The Morgan fingerprint density at radius 2 is 1.31 bits per heavy atom. The van der Waals surface area contributed by atoms with Gasteiger partial charge in [0, 0.05) is 0 Å². The van der Waals surface area contributed by atoms with Crippen LogP contribution in [0, 0.1) is 29.6 Å². The lowest BCUT2D eigenvalue weighted by Crippen LogP contribution is -2.29. The van der Waals surface area contributed by atoms with Crippen LogP contribution in [0.3, 0.4) is 0 Å². The van der Waals surface area contributed by atoms with Crippen LogP contribution in [0.2, 0.25) is 0 Å². The quantitative estimate of drug-likeness (QED) is 0.493. The third kappa shape index (κ3) is 4.47. The zero-order valence-electron chi connectivity index (χ0n) is 12.7. The molecule has 0 spiro atoms. The Morgan fingerprint density at radius 3 is 1.62 bits per heavy atom. The van der Waals surface area contributed by atoms with Crippen molar-refractivity contribution in [2.75, 3.05) is 0 Å². The van der Waals surface area contributed by atoms with Crippen molar-refractivity contribution in [3.63, 3.8) is 0 Å². The van der Waals surface area contributed by atoms with Crippen LogP contribution in [0.4, 0.5) is 0 Å². The van der Waals surface area contributed by atoms with Crippen molar-refractivity contribution in [2.45, 2.75) is 74.1 Å². The third-order valence-electron chi connectivity index (χ3n) is 4.72. The van der Waals surface area contributed by atoms with Crippen molar-refractivity contribution in [1.29, 1.82) is 0 Å². The average molecular weight is 226 g/mol. The first kappa shape index (κ1) is 16.0. The summed E-state index contributed by atoms with van der Waals surface area (Å²) in [5, 5.41) is 0. The van der Waals surface area contributed by atoms with Gasteiger partial charge in [-0.25, -0.2) is 0 Å². The maximum absolute atomic E-state index is 2.49. The zero-order valence-corrected chi connectivity index (χ0v) is 12.7. The van der Waals surface area contributed by atoms with Crippen LogP contribution in [0.5, 0.6) is 0 Å². The summed E-state index contributed by atoms with van der Waals surface area (Å²) < 4.78 is 0. The van der Waals surface area contributed by atoms with Crippen LogP contribution in [0.25, 0.3) is 0 Å². The Hall–Kier alpha value is 0. The molecule has 0 saturated carbocycles. The molecule has 0 nitrogen and oxygen atoms in total. The Balaban J connectivity index is 4.68. The van der Waals surface area contributed by atoms with Crippen molar-refractivity contribution in [3.8, 4) is 0 Å². The smallest absolute Gasteiger partial charge is 0.0355 e. The normalized spacial score (nSPS) is 19.5. The standard InChI is InChI=1S/C16H34/c1-8-11-16(14(7)13(6)9-2)15(10-3)12(4)5/h12-16H,8-11H2,1-7H3. The number of rotatable bonds is 8. The molecule has 0 aliphatic heterocycles. The Labute approximate surface area is 104 Å². The molecule has 0 heterocycles. The monoisotopic (exact) mass is 226 g/mol. The minimum Gasteiger partial charge on any atom is -0.0654 e. The molecule has 0 aromatic heterocycles. The maximum Gasteiger partial charge on any atom is -0.0355 e. The topological polar surface area (TPSA) is 0 Å². The second kappa shape index (κ2) is 8.14. The fraction of sp³-hybridized carbons (Fsp3) is 1.00. The molecule has 0 aromatic rings. The van der Waals surface area contributed by atoms with E-state index in [4.69, 9.17) is 0 Å². The van der Waals surface area contributed by atoms with Gasteiger partial charge in [-0.1, -0.05) is 74.1 Å². The number of hydrogen-bond donors (Lipinski definition) is 0. The Morgan fingerprint density at radius 1 is 0.750 bits per heavy atom. The molecule has 0 radical (unpaired) electrons. The highest BCUT2D eigenvalue weighted by Gasteiger charge is 2.29. The van der Waals surface area contributed by atoms with Crippen LogP contribution in [-0.2, 0) is 0 Å². The molecule has 0 aromatic carbocycles. The first-order chi connectivity index (χ1) is 7.49. The fourth-order valence-electron chi connectivity index (χ4n) is 3.26. The van der Waals surface area contributed by atoms with E-state index in [0.29, 0.717) is 0 Å². The van der Waals surface area contributed by atoms with Gasteiger partial charge in [-0.2, -0.15) is 0 Å². The second-order valence-corrected chi connectivity index (χ2v) is 6.01. The van der Waals surface area contributed by atoms with E-state index < -0.39 is 0 Å². The second-order valence-electron chi connectivity index (χ2n) is 6.01. The lowest BCUT2D eigenvalue weighted by atomic mass is 9.69. The molecule has 0 fully saturated rings. The van der Waals surface area contributed by atoms with Gasteiger partial charge in [0.1, 0.15) is 0 Å². The van der Waals surface area contributed by atoms with Gasteiger partial charge in [0.25, 0.3) is 0 Å². The molecule has 0 aliphatic carbocycles. The van der Waals surface area contributed by atoms with E-state index in [1.807, 2.05) is 0 Å². The summed E-state index contributed by atoms with van der Waals surface area (Å²) in [5.74, 6) is 4.46. The van der Waals surface area contributed by atoms with E-state index in [1.54, 1.807) is 0 Å². The largest absolute Gasteiger partial charge is 0.0654 e. The van der Waals surface area contributed by atoms with Gasteiger partial charge in [-0.15, -0.1) is 0 Å². The van der Waals surface area contributed by atoms with Crippen molar-refractivity contribution in [2.24, 2.45) is 29.6 Å². The van der Waals surface area contributed by atoms with Gasteiger partial charge in [0.15, 0.2) is 0 Å². The summed E-state index contributed by atoms with van der Waals surface area (Å²) in [5.41, 5.74) is 0. The van der Waals surface area contributed by atoms with E-state index in [0.717, 1.165) is 29.6 Å². The highest BCUT2D eigenvalue weighted by atomic mass is 14.3. The molecule has 98 valence electrons. The van der Waals surface area contributed by atoms with Crippen LogP contribution in [0.15, 0.2) is 0 Å². The van der Waals surface area contributed by atoms with E-state index >= 15 is 0 Å². The van der Waals surface area contributed by atoms with E-state index in [-0.39, 0.29) is 0 Å². The van der Waals surface area contributed by atoms with Crippen LogP contribution < -0.4 is 0 Å². The zero-order chi connectivity index (χ0) is 12.7. The van der Waals surface area contributed by atoms with Crippen molar-refractivity contribution >= 4 is 0 Å². The number of hydrogen-bond acceptors (Lipinski definition) is 0. The molecule has 0 N–H and O–H groups in total. The predicted molar refractivity (Wildman–Crippen MR) is 75.6 cm³/mol. The van der Waals surface area contributed by atoms with Gasteiger partial charge >= 0.3 is 0 Å². The summed E-state index contributed by atoms with van der Waals surface area (Å²) in [6, 6.07) is 0. The average Bonchev–Trinajstić information content (AvgIpc) is 2.26. The van der Waals surface area contributed by atoms with Crippen LogP contribution >= 0.6 is 0 Å². The Bertz CT molecular complexity index is 159. The van der Waals surface area contributed by atoms with E-state index in [2.05, 4.69) is 48.5 Å². The summed E-state index contributed by atoms with van der Waals surface area (Å²) >= 11 is 0. The first-order valence-electron chi connectivity index (χ1n) is 7.49. The van der Waals surface area contributed by atoms with Gasteiger partial charge in [-0.05, 0) is 29.6 Å². The minimum atomic E-state index is 0.841. The van der Waals surface area contributed by atoms with E-state index in [1.165, 1.54) is 25.7 Å². The van der Waals surface area contributed by atoms with Crippen molar-refractivity contribution < 1.29 is 0 Å². The summed E-state index contributed by atoms with van der Waals surface area (Å²) in [6.07, 6.45) is 5.44. The van der Waals surface area contributed by atoms with Crippen LogP contribution in [0.1, 0.15) is 74.1 Å². The molecule has 0 amide bonds. The summed E-state index contributed by atoms with van der Waals surface area (Å²) in [4.78, 5) is 0. The highest BCUT2D eigenvalue weighted by molar-refractivity contribution is 4.78. The molecule has 4 unspecified atom stereocenters.